The molecule has 0 spiro atoms. The molecule has 1 atom stereocenters. The standard InChI is InChI=1S/C25H26N6O2/c1-3-22-18(10-26)13-31(29-22)24-7-4-17(11-28-24)12-30-9-8-27-23(14-30)19-5-6-20-21(16(19)2)15-33-25(20)32/h4-7,11,13,23,27H,3,8-9,12,14-15H2,1-2H3/t23-/m0/s1. The second-order valence-electron chi connectivity index (χ2n) is 8.55. The third kappa shape index (κ3) is 4.01. The molecular formula is C25H26N6O2. The Morgan fingerprint density at radius 3 is 2.91 bits per heavy atom. The Labute approximate surface area is 192 Å². The van der Waals surface area contributed by atoms with E-state index in [9.17, 15) is 10.1 Å². The van der Waals surface area contributed by atoms with E-state index < -0.39 is 0 Å². The predicted octanol–water partition coefficient (Wildman–Crippen LogP) is 2.83. The first-order valence-corrected chi connectivity index (χ1v) is 11.3. The zero-order chi connectivity index (χ0) is 22.9. The number of benzene rings is 1. The van der Waals surface area contributed by atoms with E-state index in [0.717, 1.165) is 48.6 Å². The number of cyclic esters (lactones) is 1. The summed E-state index contributed by atoms with van der Waals surface area (Å²) in [7, 11) is 0. The van der Waals surface area contributed by atoms with Crippen LogP contribution in [0.2, 0.25) is 0 Å². The van der Waals surface area contributed by atoms with E-state index >= 15 is 0 Å². The number of nitriles is 1. The number of pyridine rings is 1. The summed E-state index contributed by atoms with van der Waals surface area (Å²) in [4.78, 5) is 18.8. The molecule has 2 aromatic heterocycles. The lowest BCUT2D eigenvalue weighted by Crippen LogP contribution is -2.45. The Kier molecular flexibility index (Phi) is 5.67. The minimum absolute atomic E-state index is 0.202. The molecule has 0 bridgehead atoms. The number of aromatic nitrogens is 3. The molecule has 1 fully saturated rings. The summed E-state index contributed by atoms with van der Waals surface area (Å²) in [6.45, 7) is 7.97. The fourth-order valence-corrected chi connectivity index (χ4v) is 4.69. The first-order valence-electron chi connectivity index (χ1n) is 11.3. The summed E-state index contributed by atoms with van der Waals surface area (Å²) in [6.07, 6.45) is 4.33. The molecule has 1 saturated heterocycles. The average Bonchev–Trinajstić information content (AvgIpc) is 3.44. The van der Waals surface area contributed by atoms with E-state index in [2.05, 4.69) is 45.4 Å². The van der Waals surface area contributed by atoms with Crippen LogP contribution >= 0.6 is 0 Å². The highest BCUT2D eigenvalue weighted by Gasteiger charge is 2.28. The van der Waals surface area contributed by atoms with Gasteiger partial charge in [-0.3, -0.25) is 4.90 Å². The average molecular weight is 443 g/mol. The van der Waals surface area contributed by atoms with Crippen LogP contribution in [0, 0.1) is 18.3 Å². The molecule has 3 aromatic rings. The molecule has 8 nitrogen and oxygen atoms in total. The summed E-state index contributed by atoms with van der Waals surface area (Å²) in [5.41, 5.74) is 6.59. The number of hydrogen-bond acceptors (Lipinski definition) is 7. The van der Waals surface area contributed by atoms with Gasteiger partial charge >= 0.3 is 5.97 Å². The lowest BCUT2D eigenvalue weighted by molar-refractivity contribution is 0.0535. The summed E-state index contributed by atoms with van der Waals surface area (Å²) < 4.78 is 6.88. The van der Waals surface area contributed by atoms with Crippen molar-refractivity contribution in [1.29, 1.82) is 5.26 Å². The van der Waals surface area contributed by atoms with Gasteiger partial charge in [-0.25, -0.2) is 14.5 Å². The van der Waals surface area contributed by atoms with Crippen molar-refractivity contribution in [3.63, 3.8) is 0 Å². The van der Waals surface area contributed by atoms with E-state index in [4.69, 9.17) is 4.74 Å². The van der Waals surface area contributed by atoms with Gasteiger partial charge in [0.2, 0.25) is 0 Å². The number of carbonyl (C=O) groups excluding carboxylic acids is 1. The second kappa shape index (κ2) is 8.77. The Morgan fingerprint density at radius 2 is 2.18 bits per heavy atom. The number of carbonyl (C=O) groups is 1. The van der Waals surface area contributed by atoms with Crippen molar-refractivity contribution in [2.75, 3.05) is 19.6 Å². The maximum atomic E-state index is 11.9. The van der Waals surface area contributed by atoms with Crippen LogP contribution in [0.25, 0.3) is 5.82 Å². The van der Waals surface area contributed by atoms with Gasteiger partial charge in [0.15, 0.2) is 5.82 Å². The molecule has 1 aromatic carbocycles. The highest BCUT2D eigenvalue weighted by molar-refractivity contribution is 5.94. The maximum Gasteiger partial charge on any atom is 0.338 e. The van der Waals surface area contributed by atoms with Crippen LogP contribution in [0.5, 0.6) is 0 Å². The van der Waals surface area contributed by atoms with Gasteiger partial charge in [-0.05, 0) is 42.2 Å². The quantitative estimate of drug-likeness (QED) is 0.607. The molecule has 0 radical (unpaired) electrons. The van der Waals surface area contributed by atoms with E-state index in [0.29, 0.717) is 30.0 Å². The largest absolute Gasteiger partial charge is 0.457 e. The van der Waals surface area contributed by atoms with Crippen LogP contribution in [-0.4, -0.2) is 45.3 Å². The monoisotopic (exact) mass is 442 g/mol. The van der Waals surface area contributed by atoms with Crippen molar-refractivity contribution in [2.45, 2.75) is 39.5 Å². The molecule has 2 aliphatic heterocycles. The van der Waals surface area contributed by atoms with Gasteiger partial charge in [0.1, 0.15) is 12.7 Å². The molecule has 1 N–H and O–H groups in total. The van der Waals surface area contributed by atoms with Gasteiger partial charge in [0, 0.05) is 44.0 Å². The van der Waals surface area contributed by atoms with E-state index in [1.54, 1.807) is 10.9 Å². The number of hydrogen-bond donors (Lipinski definition) is 1. The van der Waals surface area contributed by atoms with E-state index in [1.807, 2.05) is 25.3 Å². The Morgan fingerprint density at radius 1 is 1.30 bits per heavy atom. The second-order valence-corrected chi connectivity index (χ2v) is 8.55. The SMILES string of the molecule is CCc1nn(-c2ccc(CN3CCN[C@H](c4ccc5c(c4C)COC5=O)C3)cn2)cc1C#N. The van der Waals surface area contributed by atoms with Crippen molar-refractivity contribution in [3.8, 4) is 11.9 Å². The Bertz CT molecular complexity index is 1240. The first kappa shape index (κ1) is 21.3. The minimum Gasteiger partial charge on any atom is -0.457 e. The van der Waals surface area contributed by atoms with Gasteiger partial charge in [-0.1, -0.05) is 19.1 Å². The fourth-order valence-electron chi connectivity index (χ4n) is 4.69. The summed E-state index contributed by atoms with van der Waals surface area (Å²) >= 11 is 0. The molecule has 168 valence electrons. The summed E-state index contributed by atoms with van der Waals surface area (Å²) in [6, 6.07) is 10.4. The van der Waals surface area contributed by atoms with Gasteiger partial charge < -0.3 is 10.1 Å². The van der Waals surface area contributed by atoms with Gasteiger partial charge in [-0.15, -0.1) is 0 Å². The lowest BCUT2D eigenvalue weighted by Gasteiger charge is -2.34. The number of fused-ring (bicyclic) bond motifs is 1. The number of aryl methyl sites for hydroxylation is 1. The van der Waals surface area contributed by atoms with Crippen LogP contribution in [0.1, 0.15) is 56.8 Å². The molecule has 2 aliphatic rings. The number of nitrogens with one attached hydrogen (secondary N) is 1. The molecular weight excluding hydrogens is 416 g/mol. The molecule has 0 amide bonds. The zero-order valence-corrected chi connectivity index (χ0v) is 18.8. The van der Waals surface area contributed by atoms with E-state index in [1.165, 1.54) is 5.56 Å². The molecule has 4 heterocycles. The Hall–Kier alpha value is -3.54. The van der Waals surface area contributed by atoms with Crippen molar-refractivity contribution in [3.05, 3.63) is 75.7 Å². The third-order valence-corrected chi connectivity index (χ3v) is 6.54. The van der Waals surface area contributed by atoms with Crippen LogP contribution in [-0.2, 0) is 24.3 Å². The summed E-state index contributed by atoms with van der Waals surface area (Å²) in [5, 5.41) is 17.4. The van der Waals surface area contributed by atoms with Crippen LogP contribution < -0.4 is 5.32 Å². The summed E-state index contributed by atoms with van der Waals surface area (Å²) in [5.74, 6) is 0.484. The Balaban J connectivity index is 1.28. The van der Waals surface area contributed by atoms with Crippen molar-refractivity contribution >= 4 is 5.97 Å². The number of piperazine rings is 1. The normalized spacial score (nSPS) is 18.1. The van der Waals surface area contributed by atoms with Crippen molar-refractivity contribution < 1.29 is 9.53 Å². The molecule has 33 heavy (non-hydrogen) atoms. The fraction of sp³-hybridized carbons (Fsp3) is 0.360. The zero-order valence-electron chi connectivity index (χ0n) is 18.8. The topological polar surface area (TPSA) is 96.1 Å². The van der Waals surface area contributed by atoms with Crippen molar-refractivity contribution in [1.82, 2.24) is 25.0 Å². The highest BCUT2D eigenvalue weighted by Crippen LogP contribution is 2.30. The smallest absolute Gasteiger partial charge is 0.338 e. The lowest BCUT2D eigenvalue weighted by atomic mass is 9.93. The molecule has 0 unspecified atom stereocenters. The van der Waals surface area contributed by atoms with Gasteiger partial charge in [0.25, 0.3) is 0 Å². The van der Waals surface area contributed by atoms with Crippen LogP contribution in [0.4, 0.5) is 0 Å². The van der Waals surface area contributed by atoms with E-state index in [-0.39, 0.29) is 12.0 Å². The van der Waals surface area contributed by atoms with Gasteiger partial charge in [-0.2, -0.15) is 10.4 Å². The molecule has 8 heteroatoms. The molecule has 5 rings (SSSR count). The van der Waals surface area contributed by atoms with Crippen LogP contribution in [0.15, 0.2) is 36.7 Å². The van der Waals surface area contributed by atoms with Crippen molar-refractivity contribution in [2.24, 2.45) is 0 Å². The predicted molar refractivity (Wildman–Crippen MR) is 122 cm³/mol. The third-order valence-electron chi connectivity index (χ3n) is 6.54. The molecule has 0 aliphatic carbocycles. The highest BCUT2D eigenvalue weighted by atomic mass is 16.5. The minimum atomic E-state index is -0.223. The maximum absolute atomic E-state index is 11.9. The van der Waals surface area contributed by atoms with Crippen LogP contribution in [0.3, 0.4) is 0 Å². The number of rotatable bonds is 5. The number of ether oxygens (including phenoxy) is 1. The molecule has 0 saturated carbocycles. The first-order chi connectivity index (χ1) is 16.1. The van der Waals surface area contributed by atoms with Gasteiger partial charge in [0.05, 0.1) is 23.0 Å². The number of nitrogens with zero attached hydrogens (tertiary/aromatic N) is 5. The number of esters is 1.